The maximum atomic E-state index is 13.0. The first-order chi connectivity index (χ1) is 14.4. The third-order valence-corrected chi connectivity index (χ3v) is 5.56. The number of nitrogens with one attached hydrogen (secondary N) is 1. The van der Waals surface area contributed by atoms with Crippen LogP contribution in [0.3, 0.4) is 0 Å². The highest BCUT2D eigenvalue weighted by Crippen LogP contribution is 2.32. The molecule has 2 heterocycles. The Morgan fingerprint density at radius 3 is 2.43 bits per heavy atom. The smallest absolute Gasteiger partial charge is 0.263 e. The van der Waals surface area contributed by atoms with Crippen molar-refractivity contribution in [2.24, 2.45) is 10.3 Å². The van der Waals surface area contributed by atoms with Crippen molar-refractivity contribution >= 4 is 29.1 Å². The lowest BCUT2D eigenvalue weighted by atomic mass is 10.1. The average molecular weight is 405 g/mol. The first-order valence-corrected chi connectivity index (χ1v) is 9.90. The number of carbonyl (C=O) groups excluding carboxylic acids is 3. The van der Waals surface area contributed by atoms with Gasteiger partial charge in [0.15, 0.2) is 12.1 Å². The van der Waals surface area contributed by atoms with E-state index >= 15 is 0 Å². The van der Waals surface area contributed by atoms with Gasteiger partial charge in [0.05, 0.1) is 5.69 Å². The zero-order valence-corrected chi connectivity index (χ0v) is 17.1. The van der Waals surface area contributed by atoms with Gasteiger partial charge >= 0.3 is 0 Å². The molecule has 0 unspecified atom stereocenters. The molecule has 2 atom stereocenters. The Hall–Kier alpha value is -3.55. The van der Waals surface area contributed by atoms with Crippen molar-refractivity contribution in [1.82, 2.24) is 5.01 Å². The van der Waals surface area contributed by atoms with Gasteiger partial charge in [-0.05, 0) is 61.2 Å². The molecule has 1 N–H and O–H groups in total. The van der Waals surface area contributed by atoms with Crippen molar-refractivity contribution in [1.29, 1.82) is 0 Å². The van der Waals surface area contributed by atoms with Gasteiger partial charge in [0.1, 0.15) is 6.54 Å². The highest BCUT2D eigenvalue weighted by Gasteiger charge is 2.55. The molecule has 8 heteroatoms. The fourth-order valence-corrected chi connectivity index (χ4v) is 3.66. The summed E-state index contributed by atoms with van der Waals surface area (Å²) in [5.74, 6) is -1.17. The predicted octanol–water partition coefficient (Wildman–Crippen LogP) is 2.80. The number of hydrogen-bond acceptors (Lipinski definition) is 6. The summed E-state index contributed by atoms with van der Waals surface area (Å²) in [5, 5.41) is 12.0. The summed E-state index contributed by atoms with van der Waals surface area (Å²) in [6, 6.07) is 11.1. The van der Waals surface area contributed by atoms with Gasteiger partial charge in [-0.15, -0.1) is 0 Å². The summed E-state index contributed by atoms with van der Waals surface area (Å²) in [5.41, 5.74) is 4.48. The van der Waals surface area contributed by atoms with Crippen molar-refractivity contribution in [3.63, 3.8) is 0 Å². The number of amides is 3. The Kier molecular flexibility index (Phi) is 5.07. The number of fused-ring (bicyclic) bond motifs is 1. The number of carbonyl (C=O) groups is 3. The molecule has 0 aromatic heterocycles. The van der Waals surface area contributed by atoms with E-state index in [4.69, 9.17) is 0 Å². The molecule has 1 saturated heterocycles. The number of hydrogen-bond donors (Lipinski definition) is 1. The number of nitrogens with zero attached hydrogens (tertiary/aromatic N) is 4. The molecule has 2 aliphatic heterocycles. The van der Waals surface area contributed by atoms with Crippen LogP contribution in [0.2, 0.25) is 0 Å². The number of imide groups is 1. The van der Waals surface area contributed by atoms with Crippen LogP contribution in [0.25, 0.3) is 0 Å². The molecule has 0 saturated carbocycles. The van der Waals surface area contributed by atoms with Gasteiger partial charge in [-0.1, -0.05) is 30.3 Å². The molecule has 0 radical (unpaired) electrons. The summed E-state index contributed by atoms with van der Waals surface area (Å²) < 4.78 is 0. The number of anilines is 2. The second-order valence-corrected chi connectivity index (χ2v) is 7.57. The Morgan fingerprint density at radius 2 is 1.77 bits per heavy atom. The van der Waals surface area contributed by atoms with Gasteiger partial charge < -0.3 is 5.32 Å². The van der Waals surface area contributed by atoms with Gasteiger partial charge in [0.25, 0.3) is 11.8 Å². The Morgan fingerprint density at radius 1 is 1.03 bits per heavy atom. The van der Waals surface area contributed by atoms with Crippen LogP contribution >= 0.6 is 0 Å². The predicted molar refractivity (Wildman–Crippen MR) is 112 cm³/mol. The quantitative estimate of drug-likeness (QED) is 0.774. The van der Waals surface area contributed by atoms with Crippen molar-refractivity contribution < 1.29 is 14.4 Å². The zero-order valence-electron chi connectivity index (χ0n) is 17.1. The molecule has 2 aliphatic rings. The molecule has 1 fully saturated rings. The largest absolute Gasteiger partial charge is 0.324 e. The second-order valence-electron chi connectivity index (χ2n) is 7.57. The topological polar surface area (TPSA) is 94.4 Å². The van der Waals surface area contributed by atoms with E-state index in [1.54, 1.807) is 12.1 Å². The second kappa shape index (κ2) is 7.70. The number of rotatable bonds is 5. The molecule has 3 amide bonds. The molecule has 8 nitrogen and oxygen atoms in total. The minimum atomic E-state index is -0.919. The van der Waals surface area contributed by atoms with Gasteiger partial charge in [0, 0.05) is 5.69 Å². The van der Waals surface area contributed by atoms with E-state index in [0.717, 1.165) is 28.0 Å². The standard InChI is InChI=1S/C22H23N5O3/c1-4-15-6-9-17(10-7-15)27-21(29)19-20(22(27)30)26(25-24-19)12-18(28)23-16-8-5-13(2)14(3)11-16/h5-11,19-20H,4,12H2,1-3H3,(H,23,28)/t19-,20-/m0/s1. The van der Waals surface area contributed by atoms with Crippen LogP contribution in [0.4, 0.5) is 11.4 Å². The van der Waals surface area contributed by atoms with E-state index in [9.17, 15) is 14.4 Å². The Bertz CT molecular complexity index is 1050. The van der Waals surface area contributed by atoms with Gasteiger partial charge in [0.2, 0.25) is 5.91 Å². The first kappa shape index (κ1) is 19.8. The fourth-order valence-electron chi connectivity index (χ4n) is 3.66. The molecule has 154 valence electrons. The van der Waals surface area contributed by atoms with Crippen LogP contribution in [0, 0.1) is 13.8 Å². The van der Waals surface area contributed by atoms with E-state index in [2.05, 4.69) is 15.7 Å². The lowest BCUT2D eigenvalue weighted by molar-refractivity contribution is -0.123. The van der Waals surface area contributed by atoms with Crippen LogP contribution in [0.5, 0.6) is 0 Å². The van der Waals surface area contributed by atoms with Crippen LogP contribution in [-0.2, 0) is 20.8 Å². The maximum absolute atomic E-state index is 13.0. The highest BCUT2D eigenvalue weighted by atomic mass is 16.2. The number of benzene rings is 2. The third kappa shape index (κ3) is 3.45. The summed E-state index contributed by atoms with van der Waals surface area (Å²) in [7, 11) is 0. The first-order valence-electron chi connectivity index (χ1n) is 9.90. The zero-order chi connectivity index (χ0) is 21.4. The Balaban J connectivity index is 1.47. The maximum Gasteiger partial charge on any atom is 0.263 e. The fraction of sp³-hybridized carbons (Fsp3) is 0.318. The van der Waals surface area contributed by atoms with E-state index in [1.807, 2.05) is 51.1 Å². The SMILES string of the molecule is CCc1ccc(N2C(=O)[C@H]3N=NN(CC(=O)Nc4ccc(C)c(C)c4)[C@@H]3C2=O)cc1. The van der Waals surface area contributed by atoms with Crippen molar-refractivity contribution in [3.05, 3.63) is 59.2 Å². The normalized spacial score (nSPS) is 20.1. The molecule has 0 aliphatic carbocycles. The van der Waals surface area contributed by atoms with Gasteiger partial charge in [-0.25, -0.2) is 4.90 Å². The molecular formula is C22H23N5O3. The molecule has 0 spiro atoms. The van der Waals surface area contributed by atoms with Crippen molar-refractivity contribution in [3.8, 4) is 0 Å². The highest BCUT2D eigenvalue weighted by molar-refractivity contribution is 6.25. The minimum Gasteiger partial charge on any atom is -0.324 e. The molecule has 2 aromatic carbocycles. The van der Waals surface area contributed by atoms with Crippen molar-refractivity contribution in [2.45, 2.75) is 39.3 Å². The number of aryl methyl sites for hydroxylation is 3. The van der Waals surface area contributed by atoms with Gasteiger partial charge in [-0.3, -0.25) is 19.4 Å². The van der Waals surface area contributed by atoms with E-state index in [1.165, 1.54) is 5.01 Å². The van der Waals surface area contributed by atoms with Crippen LogP contribution < -0.4 is 10.2 Å². The summed E-state index contributed by atoms with van der Waals surface area (Å²) in [6.45, 7) is 5.83. The third-order valence-electron chi connectivity index (χ3n) is 5.56. The molecule has 30 heavy (non-hydrogen) atoms. The minimum absolute atomic E-state index is 0.167. The lowest BCUT2D eigenvalue weighted by Gasteiger charge is -2.20. The monoisotopic (exact) mass is 405 g/mol. The van der Waals surface area contributed by atoms with E-state index in [0.29, 0.717) is 11.4 Å². The molecule has 2 aromatic rings. The molecule has 0 bridgehead atoms. The summed E-state index contributed by atoms with van der Waals surface area (Å²) >= 11 is 0. The van der Waals surface area contributed by atoms with Crippen LogP contribution in [0.1, 0.15) is 23.6 Å². The van der Waals surface area contributed by atoms with Crippen LogP contribution in [-0.4, -0.2) is 41.4 Å². The van der Waals surface area contributed by atoms with E-state index < -0.39 is 23.9 Å². The summed E-state index contributed by atoms with van der Waals surface area (Å²) in [4.78, 5) is 39.4. The molecular weight excluding hydrogens is 382 g/mol. The molecule has 4 rings (SSSR count). The summed E-state index contributed by atoms with van der Waals surface area (Å²) in [6.07, 6.45) is 0.866. The van der Waals surface area contributed by atoms with Crippen LogP contribution in [0.15, 0.2) is 52.8 Å². The lowest BCUT2D eigenvalue weighted by Crippen LogP contribution is -2.43. The van der Waals surface area contributed by atoms with Gasteiger partial charge in [-0.2, -0.15) is 5.11 Å². The van der Waals surface area contributed by atoms with Crippen molar-refractivity contribution in [2.75, 3.05) is 16.8 Å². The Labute approximate surface area is 174 Å². The average Bonchev–Trinajstić information content (AvgIpc) is 3.24. The van der Waals surface area contributed by atoms with E-state index in [-0.39, 0.29) is 12.5 Å².